The number of phenolic OH excluding ortho intramolecular Hbond substituents is 1. The minimum Gasteiger partial charge on any atom is -0.504 e. The lowest BCUT2D eigenvalue weighted by atomic mass is 10.2. The van der Waals surface area contributed by atoms with Gasteiger partial charge in [-0.3, -0.25) is 0 Å². The zero-order valence-electron chi connectivity index (χ0n) is 14.4. The maximum atomic E-state index is 12.7. The van der Waals surface area contributed by atoms with E-state index in [0.29, 0.717) is 12.3 Å². The molecule has 3 rings (SSSR count). The van der Waals surface area contributed by atoms with Crippen molar-refractivity contribution in [2.75, 3.05) is 18.7 Å². The molecule has 2 amide bonds. The molecular weight excluding hydrogens is 336 g/mol. The first-order valence-corrected chi connectivity index (χ1v) is 9.40. The first-order valence-electron chi connectivity index (χ1n) is 8.18. The second-order valence-corrected chi connectivity index (χ2v) is 6.90. The predicted molar refractivity (Wildman–Crippen MR) is 100 cm³/mol. The van der Waals surface area contributed by atoms with E-state index in [2.05, 4.69) is 5.32 Å². The Morgan fingerprint density at radius 1 is 1.28 bits per heavy atom. The third kappa shape index (κ3) is 4.39. The Balaban J connectivity index is 1.71. The summed E-state index contributed by atoms with van der Waals surface area (Å²) in [5.74, 6) is 0.517. The molecule has 0 aromatic heterocycles. The molecule has 2 aromatic carbocycles. The van der Waals surface area contributed by atoms with E-state index in [4.69, 9.17) is 4.74 Å². The van der Waals surface area contributed by atoms with Gasteiger partial charge in [0.25, 0.3) is 0 Å². The molecule has 0 radical (unpaired) electrons. The highest BCUT2D eigenvalue weighted by Gasteiger charge is 2.32. The molecule has 2 N–H and O–H groups in total. The monoisotopic (exact) mass is 358 g/mol. The van der Waals surface area contributed by atoms with Crippen LogP contribution in [0, 0.1) is 0 Å². The SMILES string of the molecule is COc1cc(CN(C(=O)Nc2ccc(SC)cc2)C2CC2)ccc1O. The predicted octanol–water partition coefficient (Wildman–Crippen LogP) is 4.32. The van der Waals surface area contributed by atoms with Crippen molar-refractivity contribution in [3.63, 3.8) is 0 Å². The van der Waals surface area contributed by atoms with Crippen molar-refractivity contribution in [1.82, 2.24) is 4.90 Å². The third-order valence-electron chi connectivity index (χ3n) is 4.19. The molecule has 0 bridgehead atoms. The fourth-order valence-corrected chi connectivity index (χ4v) is 3.05. The van der Waals surface area contributed by atoms with Gasteiger partial charge >= 0.3 is 6.03 Å². The molecule has 25 heavy (non-hydrogen) atoms. The highest BCUT2D eigenvalue weighted by Crippen LogP contribution is 2.31. The van der Waals surface area contributed by atoms with Gasteiger partial charge in [0.05, 0.1) is 7.11 Å². The van der Waals surface area contributed by atoms with Crippen LogP contribution in [-0.2, 0) is 6.54 Å². The summed E-state index contributed by atoms with van der Waals surface area (Å²) in [6.07, 6.45) is 4.07. The Hall–Kier alpha value is -2.34. The van der Waals surface area contributed by atoms with Crippen molar-refractivity contribution in [1.29, 1.82) is 0 Å². The normalized spacial score (nSPS) is 13.4. The molecule has 0 atom stereocenters. The van der Waals surface area contributed by atoms with E-state index in [1.54, 1.807) is 23.9 Å². The van der Waals surface area contributed by atoms with E-state index >= 15 is 0 Å². The Bertz CT molecular complexity index is 745. The minimum absolute atomic E-state index is 0.0996. The molecule has 0 spiro atoms. The lowest BCUT2D eigenvalue weighted by molar-refractivity contribution is 0.206. The number of nitrogens with zero attached hydrogens (tertiary/aromatic N) is 1. The van der Waals surface area contributed by atoms with E-state index in [0.717, 1.165) is 29.0 Å². The molecule has 1 saturated carbocycles. The van der Waals surface area contributed by atoms with Gasteiger partial charge in [0.15, 0.2) is 11.5 Å². The topological polar surface area (TPSA) is 61.8 Å². The summed E-state index contributed by atoms with van der Waals surface area (Å²) in [5, 5.41) is 12.7. The Labute approximate surface area is 152 Å². The van der Waals surface area contributed by atoms with Crippen LogP contribution in [0.5, 0.6) is 11.5 Å². The standard InChI is InChI=1S/C19H22N2O3S/c1-24-18-11-13(3-10-17(18)22)12-21(15-6-7-15)19(23)20-14-4-8-16(25-2)9-5-14/h3-5,8-11,15,22H,6-7,12H2,1-2H3,(H,20,23). The van der Waals surface area contributed by atoms with E-state index in [9.17, 15) is 9.90 Å². The first-order chi connectivity index (χ1) is 12.1. The number of carbonyl (C=O) groups is 1. The van der Waals surface area contributed by atoms with Gasteiger partial charge in [0.1, 0.15) is 0 Å². The molecule has 0 aliphatic heterocycles. The number of hydrogen-bond donors (Lipinski definition) is 2. The average molecular weight is 358 g/mol. The summed E-state index contributed by atoms with van der Waals surface area (Å²) in [4.78, 5) is 15.7. The Morgan fingerprint density at radius 2 is 2.00 bits per heavy atom. The maximum Gasteiger partial charge on any atom is 0.322 e. The number of anilines is 1. The fourth-order valence-electron chi connectivity index (χ4n) is 2.64. The molecule has 0 heterocycles. The van der Waals surface area contributed by atoms with Crippen LogP contribution in [-0.4, -0.2) is 35.4 Å². The van der Waals surface area contributed by atoms with E-state index < -0.39 is 0 Å². The number of carbonyl (C=O) groups excluding carboxylic acids is 1. The summed E-state index contributed by atoms with van der Waals surface area (Å²) in [6, 6.07) is 13.2. The first kappa shape index (κ1) is 17.5. The molecule has 132 valence electrons. The number of urea groups is 1. The van der Waals surface area contributed by atoms with Crippen LogP contribution in [0.1, 0.15) is 18.4 Å². The molecule has 1 aliphatic carbocycles. The molecule has 0 saturated heterocycles. The van der Waals surface area contributed by atoms with Gasteiger partial charge in [-0.05, 0) is 61.1 Å². The number of nitrogens with one attached hydrogen (secondary N) is 1. The molecule has 1 aliphatic rings. The second kappa shape index (κ2) is 7.70. The summed E-state index contributed by atoms with van der Waals surface area (Å²) >= 11 is 1.67. The quantitative estimate of drug-likeness (QED) is 0.755. The van der Waals surface area contributed by atoms with Gasteiger partial charge in [-0.2, -0.15) is 0 Å². The van der Waals surface area contributed by atoms with Crippen LogP contribution in [0.25, 0.3) is 0 Å². The maximum absolute atomic E-state index is 12.7. The molecule has 0 unspecified atom stereocenters. The number of hydrogen-bond acceptors (Lipinski definition) is 4. The highest BCUT2D eigenvalue weighted by molar-refractivity contribution is 7.98. The second-order valence-electron chi connectivity index (χ2n) is 6.02. The largest absolute Gasteiger partial charge is 0.504 e. The molecule has 2 aromatic rings. The van der Waals surface area contributed by atoms with E-state index in [1.807, 2.05) is 41.5 Å². The molecule has 1 fully saturated rings. The molecule has 6 heteroatoms. The summed E-state index contributed by atoms with van der Waals surface area (Å²) in [6.45, 7) is 0.482. The fraction of sp³-hybridized carbons (Fsp3) is 0.316. The van der Waals surface area contributed by atoms with Crippen LogP contribution < -0.4 is 10.1 Å². The van der Waals surface area contributed by atoms with Crippen molar-refractivity contribution in [2.45, 2.75) is 30.3 Å². The van der Waals surface area contributed by atoms with Gasteiger partial charge in [-0.1, -0.05) is 6.07 Å². The molecule has 5 nitrogen and oxygen atoms in total. The summed E-state index contributed by atoms with van der Waals surface area (Å²) in [7, 11) is 1.52. The van der Waals surface area contributed by atoms with Crippen LogP contribution in [0.4, 0.5) is 10.5 Å². The number of rotatable bonds is 6. The van der Waals surface area contributed by atoms with E-state index in [1.165, 1.54) is 7.11 Å². The Kier molecular flexibility index (Phi) is 5.38. The number of aromatic hydroxyl groups is 1. The summed E-state index contributed by atoms with van der Waals surface area (Å²) < 4.78 is 5.15. The lowest BCUT2D eigenvalue weighted by Crippen LogP contribution is -2.36. The van der Waals surface area contributed by atoms with Gasteiger partial charge in [0, 0.05) is 23.2 Å². The van der Waals surface area contributed by atoms with Crippen molar-refractivity contribution in [3.8, 4) is 11.5 Å². The lowest BCUT2D eigenvalue weighted by Gasteiger charge is -2.23. The van der Waals surface area contributed by atoms with Crippen LogP contribution >= 0.6 is 11.8 Å². The van der Waals surface area contributed by atoms with E-state index in [-0.39, 0.29) is 17.8 Å². The zero-order valence-corrected chi connectivity index (χ0v) is 15.2. The van der Waals surface area contributed by atoms with Crippen molar-refractivity contribution < 1.29 is 14.6 Å². The smallest absolute Gasteiger partial charge is 0.322 e. The van der Waals surface area contributed by atoms with Gasteiger partial charge in [-0.25, -0.2) is 4.79 Å². The van der Waals surface area contributed by atoms with Crippen molar-refractivity contribution in [3.05, 3.63) is 48.0 Å². The van der Waals surface area contributed by atoms with Gasteiger partial charge in [0.2, 0.25) is 0 Å². The van der Waals surface area contributed by atoms with Crippen molar-refractivity contribution >= 4 is 23.5 Å². The van der Waals surface area contributed by atoms with Crippen LogP contribution in [0.2, 0.25) is 0 Å². The van der Waals surface area contributed by atoms with Gasteiger partial charge < -0.3 is 20.1 Å². The summed E-state index contributed by atoms with van der Waals surface area (Å²) in [5.41, 5.74) is 1.71. The number of benzene rings is 2. The molecular formula is C19H22N2O3S. The minimum atomic E-state index is -0.105. The number of methoxy groups -OCH3 is 1. The number of amides is 2. The van der Waals surface area contributed by atoms with Crippen LogP contribution in [0.15, 0.2) is 47.4 Å². The average Bonchev–Trinajstić information content (AvgIpc) is 3.46. The highest BCUT2D eigenvalue weighted by atomic mass is 32.2. The number of ether oxygens (including phenoxy) is 1. The van der Waals surface area contributed by atoms with Gasteiger partial charge in [-0.15, -0.1) is 11.8 Å². The van der Waals surface area contributed by atoms with Crippen LogP contribution in [0.3, 0.4) is 0 Å². The number of thioether (sulfide) groups is 1. The zero-order chi connectivity index (χ0) is 17.8. The van der Waals surface area contributed by atoms with Crippen molar-refractivity contribution in [2.24, 2.45) is 0 Å². The number of phenols is 1. The Morgan fingerprint density at radius 3 is 2.60 bits per heavy atom. The third-order valence-corrected chi connectivity index (χ3v) is 4.93.